The van der Waals surface area contributed by atoms with Crippen LogP contribution in [0.15, 0.2) is 48.7 Å². The molecule has 4 aromatic heterocycles. The number of hydrogen-bond acceptors (Lipinski definition) is 7. The Balaban J connectivity index is 1.29. The van der Waals surface area contributed by atoms with E-state index in [1.54, 1.807) is 42.2 Å². The lowest BCUT2D eigenvalue weighted by Crippen LogP contribution is -2.35. The third-order valence-electron chi connectivity index (χ3n) is 10.7. The van der Waals surface area contributed by atoms with E-state index in [-0.39, 0.29) is 40.2 Å². The Labute approximate surface area is 351 Å². The zero-order valence-electron chi connectivity index (χ0n) is 33.0. The number of carbonyl (C=O) groups excluding carboxylic acids is 1. The van der Waals surface area contributed by atoms with E-state index in [1.165, 1.54) is 11.3 Å². The largest absolute Gasteiger partial charge is 0.435 e. The zero-order chi connectivity index (χ0) is 43.2. The van der Waals surface area contributed by atoms with Crippen LogP contribution in [0.1, 0.15) is 79.3 Å². The van der Waals surface area contributed by atoms with E-state index in [1.807, 2.05) is 39.3 Å². The quantitative estimate of drug-likeness (QED) is 0.105. The summed E-state index contributed by atoms with van der Waals surface area (Å²) in [6.45, 7) is 6.93. The monoisotopic (exact) mass is 890 g/mol. The highest BCUT2D eigenvalue weighted by atomic mass is 35.5. The molecule has 6 aromatic rings. The smallest absolute Gasteiger partial charge is 0.346 e. The fraction of sp³-hybridized carbons (Fsp3) is 0.366. The van der Waals surface area contributed by atoms with Gasteiger partial charge in [-0.05, 0) is 67.1 Å². The lowest BCUT2D eigenvalue weighted by atomic mass is 9.93. The van der Waals surface area contributed by atoms with E-state index < -0.39 is 71.0 Å². The van der Waals surface area contributed by atoms with Crippen LogP contribution in [0.5, 0.6) is 0 Å². The summed E-state index contributed by atoms with van der Waals surface area (Å²) in [5.41, 5.74) is -0.935. The number of nitrogens with one attached hydrogen (secondary N) is 2. The zero-order valence-corrected chi connectivity index (χ0v) is 35.4. The number of fused-ring (bicyclic) bond motifs is 4. The SMILES string of the molecule is C/C=S(\C)Nc1nn(C)c2c(-c3ccc(-c4cnc(C(C)(C)C)s4)nc3[C@H](Cc3cc(F)cc(F)c3)NC(=O)Cn3nc(C(F)(F)F)c4c3C(F)(F)[C@@H]3C[C@H]43)ccc(Cl)c12. The number of nitrogens with zero attached hydrogens (tertiary/aromatic N) is 6. The first kappa shape index (κ1) is 41.9. The molecule has 19 heteroatoms. The van der Waals surface area contributed by atoms with Gasteiger partial charge in [0.15, 0.2) is 11.5 Å². The second kappa shape index (κ2) is 15.0. The molecular formula is C41H38ClF7N8OS2. The van der Waals surface area contributed by atoms with Crippen molar-refractivity contribution in [2.75, 3.05) is 11.0 Å². The molecule has 2 aliphatic rings. The number of thiazole rings is 1. The topological polar surface area (TPSA) is 103 Å². The summed E-state index contributed by atoms with van der Waals surface area (Å²) in [6, 6.07) is 8.59. The van der Waals surface area contributed by atoms with Gasteiger partial charge in [0, 0.05) is 47.3 Å². The molecular weight excluding hydrogens is 853 g/mol. The van der Waals surface area contributed by atoms with Crippen molar-refractivity contribution < 1.29 is 35.5 Å². The molecule has 1 amide bonds. The van der Waals surface area contributed by atoms with Gasteiger partial charge in [-0.25, -0.2) is 18.7 Å². The molecule has 60 heavy (non-hydrogen) atoms. The molecule has 2 aromatic carbocycles. The molecule has 4 atom stereocenters. The van der Waals surface area contributed by atoms with Gasteiger partial charge in [-0.2, -0.15) is 32.1 Å². The first-order valence-electron chi connectivity index (χ1n) is 18.8. The van der Waals surface area contributed by atoms with Crippen molar-refractivity contribution in [1.29, 1.82) is 0 Å². The minimum Gasteiger partial charge on any atom is -0.346 e. The molecule has 0 radical (unpaired) electrons. The Kier molecular flexibility index (Phi) is 10.5. The maximum absolute atomic E-state index is 15.5. The van der Waals surface area contributed by atoms with Gasteiger partial charge in [0.2, 0.25) is 5.91 Å². The van der Waals surface area contributed by atoms with Gasteiger partial charge in [-0.1, -0.05) is 44.5 Å². The van der Waals surface area contributed by atoms with Crippen molar-refractivity contribution in [3.8, 4) is 21.7 Å². The summed E-state index contributed by atoms with van der Waals surface area (Å²) in [4.78, 5) is 24.5. The van der Waals surface area contributed by atoms with Gasteiger partial charge in [0.05, 0.1) is 43.2 Å². The summed E-state index contributed by atoms with van der Waals surface area (Å²) in [5.74, 6) is -8.22. The van der Waals surface area contributed by atoms with Crippen LogP contribution in [0.2, 0.25) is 5.02 Å². The van der Waals surface area contributed by atoms with Crippen LogP contribution in [0.3, 0.4) is 0 Å². The Morgan fingerprint density at radius 1 is 1.08 bits per heavy atom. The first-order chi connectivity index (χ1) is 28.1. The molecule has 0 bridgehead atoms. The number of pyridine rings is 1. The van der Waals surface area contributed by atoms with Crippen LogP contribution < -0.4 is 10.0 Å². The van der Waals surface area contributed by atoms with E-state index in [4.69, 9.17) is 21.7 Å². The molecule has 316 valence electrons. The second-order valence-corrected chi connectivity index (χ2v) is 19.3. The Bertz CT molecular complexity index is 2710. The summed E-state index contributed by atoms with van der Waals surface area (Å²) < 4.78 is 108. The van der Waals surface area contributed by atoms with E-state index in [0.717, 1.165) is 17.1 Å². The second-order valence-electron chi connectivity index (χ2n) is 16.0. The van der Waals surface area contributed by atoms with Gasteiger partial charge < -0.3 is 10.0 Å². The summed E-state index contributed by atoms with van der Waals surface area (Å²) >= 11 is 8.21. The normalized spacial score (nSPS) is 18.1. The number of aromatic nitrogens is 6. The number of halogens is 8. The predicted molar refractivity (Wildman–Crippen MR) is 221 cm³/mol. The van der Waals surface area contributed by atoms with Crippen molar-refractivity contribution in [2.45, 2.75) is 76.6 Å². The first-order valence-corrected chi connectivity index (χ1v) is 21.7. The van der Waals surface area contributed by atoms with Gasteiger partial charge in [0.1, 0.15) is 23.9 Å². The molecule has 1 unspecified atom stereocenters. The third-order valence-corrected chi connectivity index (χ3v) is 13.7. The fourth-order valence-electron chi connectivity index (χ4n) is 7.87. The summed E-state index contributed by atoms with van der Waals surface area (Å²) in [6.07, 6.45) is -1.79. The Morgan fingerprint density at radius 2 is 1.78 bits per heavy atom. The van der Waals surface area contributed by atoms with Crippen LogP contribution in [-0.4, -0.2) is 47.1 Å². The summed E-state index contributed by atoms with van der Waals surface area (Å²) in [7, 11) is 1.35. The third kappa shape index (κ3) is 7.59. The number of anilines is 1. The minimum atomic E-state index is -5.04. The van der Waals surface area contributed by atoms with Crippen LogP contribution in [-0.2, 0) is 42.3 Å². The van der Waals surface area contributed by atoms with E-state index in [2.05, 4.69) is 20.1 Å². The van der Waals surface area contributed by atoms with E-state index in [0.29, 0.717) is 54.2 Å². The lowest BCUT2D eigenvalue weighted by molar-refractivity contribution is -0.142. The number of carbonyl (C=O) groups is 1. The molecule has 0 saturated heterocycles. The van der Waals surface area contributed by atoms with Crippen LogP contribution >= 0.6 is 33.6 Å². The van der Waals surface area contributed by atoms with Crippen molar-refractivity contribution in [2.24, 2.45) is 13.0 Å². The maximum Gasteiger partial charge on any atom is 0.435 e. The average Bonchev–Trinajstić information content (AvgIpc) is 3.39. The van der Waals surface area contributed by atoms with Gasteiger partial charge in [-0.15, -0.1) is 22.0 Å². The van der Waals surface area contributed by atoms with Gasteiger partial charge in [0.25, 0.3) is 5.92 Å². The molecule has 1 saturated carbocycles. The molecule has 2 N–H and O–H groups in total. The molecule has 0 spiro atoms. The lowest BCUT2D eigenvalue weighted by Gasteiger charge is -2.23. The molecule has 8 rings (SSSR count). The molecule has 1 fully saturated rings. The summed E-state index contributed by atoms with van der Waals surface area (Å²) in [5, 5.41) is 14.8. The van der Waals surface area contributed by atoms with Crippen molar-refractivity contribution in [3.63, 3.8) is 0 Å². The maximum atomic E-state index is 15.5. The predicted octanol–water partition coefficient (Wildman–Crippen LogP) is 10.6. The Hall–Kier alpha value is -4.81. The Morgan fingerprint density at radius 3 is 2.43 bits per heavy atom. The number of rotatable bonds is 10. The molecule has 2 aliphatic carbocycles. The van der Waals surface area contributed by atoms with Crippen molar-refractivity contribution >= 4 is 61.6 Å². The fourth-order valence-corrected chi connectivity index (χ4v) is 9.62. The minimum absolute atomic E-state index is 0.105. The molecule has 4 heterocycles. The van der Waals surface area contributed by atoms with Crippen molar-refractivity contribution in [3.05, 3.63) is 98.5 Å². The highest BCUT2D eigenvalue weighted by molar-refractivity contribution is 8.15. The molecule has 9 nitrogen and oxygen atoms in total. The highest BCUT2D eigenvalue weighted by Crippen LogP contribution is 2.68. The number of hydrogen-bond donors (Lipinski definition) is 2. The highest BCUT2D eigenvalue weighted by Gasteiger charge is 2.68. The number of benzene rings is 2. The molecule has 0 aliphatic heterocycles. The standard InChI is InChI=1S/C41H38ClF7N8OS2/c1-7-60(6)55-37-32-26(42)10-8-23(34(32)56(5)54-37)22-9-11-27(29-17-50-38(59-29)39(2,3)4)52-33(22)28(14-19-12-20(43)15-21(44)13-19)51-30(58)18-57-36-31(35(53-57)41(47,48)49)24-16-25(24)40(36,45)46/h7-13,15,17,24-25,28H,14,16,18H2,1-6H3,(H,51,58)(H,54,55)/t24-,25+,28-,60?/m0/s1. The van der Waals surface area contributed by atoms with E-state index in [9.17, 15) is 26.7 Å². The van der Waals surface area contributed by atoms with Crippen molar-refractivity contribution in [1.82, 2.24) is 34.8 Å². The average molecular weight is 891 g/mol. The van der Waals surface area contributed by atoms with Crippen LogP contribution in [0.4, 0.5) is 36.6 Å². The van der Waals surface area contributed by atoms with Gasteiger partial charge >= 0.3 is 6.18 Å². The number of aryl methyl sites for hydroxylation is 1. The number of amides is 1. The van der Waals surface area contributed by atoms with Gasteiger partial charge in [-0.3, -0.25) is 14.2 Å². The van der Waals surface area contributed by atoms with E-state index >= 15 is 8.78 Å². The van der Waals surface area contributed by atoms with Crippen LogP contribution in [0, 0.1) is 17.6 Å². The number of alkyl halides is 5. The van der Waals surface area contributed by atoms with Crippen LogP contribution in [0.25, 0.3) is 32.6 Å².